The summed E-state index contributed by atoms with van der Waals surface area (Å²) in [7, 11) is 3.78. The van der Waals surface area contributed by atoms with E-state index in [0.717, 1.165) is 0 Å². The molecule has 1 aliphatic heterocycles. The molecule has 7 nitrogen and oxygen atoms in total. The number of aromatic nitrogens is 2. The number of carbonyl (C=O) groups excluding carboxylic acids is 2. The summed E-state index contributed by atoms with van der Waals surface area (Å²) in [5.74, 6) is -1.56. The second-order valence-corrected chi connectivity index (χ2v) is 7.60. The van der Waals surface area contributed by atoms with Crippen LogP contribution in [0.1, 0.15) is 28.6 Å². The molecule has 1 amide bonds. The van der Waals surface area contributed by atoms with E-state index >= 15 is 0 Å². The quantitative estimate of drug-likeness (QED) is 0.456. The fraction of sp³-hybridized carbons (Fsp3) is 0.350. The molecule has 0 radical (unpaired) electrons. The van der Waals surface area contributed by atoms with E-state index < -0.39 is 17.7 Å². The number of rotatable bonds is 5. The summed E-state index contributed by atoms with van der Waals surface area (Å²) < 4.78 is 0. The lowest BCUT2D eigenvalue weighted by molar-refractivity contribution is -0.140. The SMILES string of the molecule is Cc1n[nH]c(C)c1C(O)=C1C(=O)C(=O)N(CCN(C)C)[C@H]1c1cccc(Cl)c1. The van der Waals surface area contributed by atoms with Gasteiger partial charge in [-0.2, -0.15) is 5.10 Å². The van der Waals surface area contributed by atoms with Gasteiger partial charge in [-0.3, -0.25) is 14.7 Å². The van der Waals surface area contributed by atoms with Crippen LogP contribution in [0.5, 0.6) is 0 Å². The fourth-order valence-electron chi connectivity index (χ4n) is 3.48. The summed E-state index contributed by atoms with van der Waals surface area (Å²) in [4.78, 5) is 29.1. The first-order valence-corrected chi connectivity index (χ1v) is 9.30. The third kappa shape index (κ3) is 3.55. The van der Waals surface area contributed by atoms with Crippen LogP contribution in [0.3, 0.4) is 0 Å². The van der Waals surface area contributed by atoms with E-state index in [1.165, 1.54) is 4.90 Å². The maximum atomic E-state index is 12.9. The minimum atomic E-state index is -0.715. The number of aryl methyl sites for hydroxylation is 2. The van der Waals surface area contributed by atoms with Crippen molar-refractivity contribution in [3.8, 4) is 0 Å². The van der Waals surface area contributed by atoms with E-state index in [2.05, 4.69) is 10.2 Å². The maximum absolute atomic E-state index is 12.9. The predicted molar refractivity (Wildman–Crippen MR) is 107 cm³/mol. The molecule has 0 saturated carbocycles. The molecule has 2 heterocycles. The van der Waals surface area contributed by atoms with Crippen molar-refractivity contribution >= 4 is 29.1 Å². The number of benzene rings is 1. The van der Waals surface area contributed by atoms with Crippen molar-refractivity contribution in [1.29, 1.82) is 0 Å². The molecule has 1 atom stereocenters. The van der Waals surface area contributed by atoms with Gasteiger partial charge in [0.1, 0.15) is 5.76 Å². The highest BCUT2D eigenvalue weighted by Gasteiger charge is 2.46. The van der Waals surface area contributed by atoms with Gasteiger partial charge in [-0.25, -0.2) is 0 Å². The van der Waals surface area contributed by atoms with Gasteiger partial charge in [0.2, 0.25) is 0 Å². The Labute approximate surface area is 168 Å². The summed E-state index contributed by atoms with van der Waals surface area (Å²) in [5, 5.41) is 18.4. The van der Waals surface area contributed by atoms with Gasteiger partial charge in [0.25, 0.3) is 11.7 Å². The first kappa shape index (κ1) is 20.1. The summed E-state index contributed by atoms with van der Waals surface area (Å²) in [5.41, 5.74) is 2.35. The van der Waals surface area contributed by atoms with E-state index in [1.807, 2.05) is 19.0 Å². The molecule has 0 bridgehead atoms. The number of nitrogens with one attached hydrogen (secondary N) is 1. The zero-order valence-electron chi connectivity index (χ0n) is 16.3. The third-order valence-corrected chi connectivity index (χ3v) is 5.09. The smallest absolute Gasteiger partial charge is 0.295 e. The summed E-state index contributed by atoms with van der Waals surface area (Å²) in [6.07, 6.45) is 0. The highest BCUT2D eigenvalue weighted by Crippen LogP contribution is 2.40. The van der Waals surface area contributed by atoms with E-state index in [1.54, 1.807) is 38.1 Å². The molecule has 1 aromatic heterocycles. The van der Waals surface area contributed by atoms with Crippen molar-refractivity contribution < 1.29 is 14.7 Å². The van der Waals surface area contributed by atoms with E-state index in [9.17, 15) is 14.7 Å². The average Bonchev–Trinajstić information content (AvgIpc) is 3.09. The second-order valence-electron chi connectivity index (χ2n) is 7.16. The van der Waals surface area contributed by atoms with Crippen molar-refractivity contribution in [1.82, 2.24) is 20.0 Å². The number of halogens is 1. The van der Waals surface area contributed by atoms with Gasteiger partial charge in [0.05, 0.1) is 22.9 Å². The number of H-pyrrole nitrogens is 1. The molecule has 0 unspecified atom stereocenters. The Kier molecular flexibility index (Phi) is 5.58. The Balaban J connectivity index is 2.20. The first-order chi connectivity index (χ1) is 13.2. The Morgan fingerprint density at radius 1 is 1.32 bits per heavy atom. The van der Waals surface area contributed by atoms with Crippen LogP contribution in [-0.2, 0) is 9.59 Å². The molecule has 0 aliphatic carbocycles. The van der Waals surface area contributed by atoms with Crippen LogP contribution in [0, 0.1) is 13.8 Å². The van der Waals surface area contributed by atoms with Crippen LogP contribution in [-0.4, -0.2) is 64.0 Å². The number of aromatic amines is 1. The number of hydrogen-bond donors (Lipinski definition) is 2. The minimum absolute atomic E-state index is 0.0543. The van der Waals surface area contributed by atoms with Crippen LogP contribution in [0.25, 0.3) is 5.76 Å². The summed E-state index contributed by atoms with van der Waals surface area (Å²) >= 11 is 6.16. The maximum Gasteiger partial charge on any atom is 0.295 e. The van der Waals surface area contributed by atoms with Crippen molar-refractivity contribution in [2.45, 2.75) is 19.9 Å². The average molecular weight is 403 g/mol. The topological polar surface area (TPSA) is 89.5 Å². The van der Waals surface area contributed by atoms with Crippen LogP contribution in [0.4, 0.5) is 0 Å². The van der Waals surface area contributed by atoms with E-state index in [0.29, 0.717) is 40.6 Å². The molecule has 8 heteroatoms. The number of aliphatic hydroxyl groups excluding tert-OH is 1. The number of hydrogen-bond acceptors (Lipinski definition) is 5. The van der Waals surface area contributed by atoms with E-state index in [-0.39, 0.29) is 11.3 Å². The molecule has 1 saturated heterocycles. The van der Waals surface area contributed by atoms with Gasteiger partial charge in [-0.1, -0.05) is 23.7 Å². The zero-order valence-corrected chi connectivity index (χ0v) is 17.0. The normalized spacial score (nSPS) is 19.1. The molecular formula is C20H23ClN4O3. The minimum Gasteiger partial charge on any atom is -0.507 e. The Morgan fingerprint density at radius 2 is 2.04 bits per heavy atom. The van der Waals surface area contributed by atoms with Gasteiger partial charge >= 0.3 is 0 Å². The molecule has 3 rings (SSSR count). The molecule has 28 heavy (non-hydrogen) atoms. The van der Waals surface area contributed by atoms with Gasteiger partial charge in [0, 0.05) is 23.8 Å². The lowest BCUT2D eigenvalue weighted by Gasteiger charge is -2.26. The van der Waals surface area contributed by atoms with Gasteiger partial charge in [0.15, 0.2) is 0 Å². The molecule has 2 aromatic rings. The van der Waals surface area contributed by atoms with Crippen molar-refractivity contribution in [3.63, 3.8) is 0 Å². The number of aliphatic hydroxyl groups is 1. The van der Waals surface area contributed by atoms with Crippen molar-refractivity contribution in [3.05, 3.63) is 57.4 Å². The molecule has 2 N–H and O–H groups in total. The van der Waals surface area contributed by atoms with Gasteiger partial charge in [-0.15, -0.1) is 0 Å². The number of ketones is 1. The number of Topliss-reactive ketones (excluding diaryl/α,β-unsaturated/α-hetero) is 1. The lowest BCUT2D eigenvalue weighted by Crippen LogP contribution is -2.35. The molecule has 1 aliphatic rings. The van der Waals surface area contributed by atoms with Crippen LogP contribution >= 0.6 is 11.6 Å². The highest BCUT2D eigenvalue weighted by molar-refractivity contribution is 6.46. The zero-order chi connectivity index (χ0) is 20.6. The van der Waals surface area contributed by atoms with Gasteiger partial charge in [-0.05, 0) is 45.6 Å². The highest BCUT2D eigenvalue weighted by atomic mass is 35.5. The second kappa shape index (κ2) is 7.77. The largest absolute Gasteiger partial charge is 0.507 e. The van der Waals surface area contributed by atoms with Crippen LogP contribution < -0.4 is 0 Å². The summed E-state index contributed by atoms with van der Waals surface area (Å²) in [6, 6.07) is 6.28. The van der Waals surface area contributed by atoms with Gasteiger partial charge < -0.3 is 14.9 Å². The van der Waals surface area contributed by atoms with Crippen LogP contribution in [0.15, 0.2) is 29.8 Å². The summed E-state index contributed by atoms with van der Waals surface area (Å²) in [6.45, 7) is 4.41. The number of amides is 1. The third-order valence-electron chi connectivity index (χ3n) is 4.86. The molecular weight excluding hydrogens is 380 g/mol. The Morgan fingerprint density at radius 3 is 2.61 bits per heavy atom. The molecule has 148 valence electrons. The number of carbonyl (C=O) groups is 2. The number of nitrogens with zero attached hydrogens (tertiary/aromatic N) is 3. The lowest BCUT2D eigenvalue weighted by atomic mass is 9.95. The van der Waals surface area contributed by atoms with Crippen LogP contribution in [0.2, 0.25) is 5.02 Å². The monoisotopic (exact) mass is 402 g/mol. The number of likely N-dealkylation sites (N-methyl/N-ethyl adjacent to an activating group) is 1. The standard InChI is InChI=1S/C20H23ClN4O3/c1-11-15(12(2)23-22-11)18(26)16-17(13-6-5-7-14(21)10-13)25(9-8-24(3)4)20(28)19(16)27/h5-7,10,17,26H,8-9H2,1-4H3,(H,22,23)/t17-/m0/s1. The number of likely N-dealkylation sites (tertiary alicyclic amines) is 1. The Hall–Kier alpha value is -2.64. The first-order valence-electron chi connectivity index (χ1n) is 8.93. The Bertz CT molecular complexity index is 945. The fourth-order valence-corrected chi connectivity index (χ4v) is 3.67. The molecule has 1 aromatic carbocycles. The molecule has 0 spiro atoms. The van der Waals surface area contributed by atoms with Crippen molar-refractivity contribution in [2.24, 2.45) is 0 Å². The van der Waals surface area contributed by atoms with E-state index in [4.69, 9.17) is 11.6 Å². The van der Waals surface area contributed by atoms with Crippen molar-refractivity contribution in [2.75, 3.05) is 27.2 Å². The molecule has 1 fully saturated rings. The predicted octanol–water partition coefficient (Wildman–Crippen LogP) is 2.66.